The van der Waals surface area contributed by atoms with Gasteiger partial charge in [-0.3, -0.25) is 4.79 Å². The molecule has 15 heavy (non-hydrogen) atoms. The molecule has 3 heteroatoms. The molecule has 0 radical (unpaired) electrons. The molecule has 0 saturated carbocycles. The van der Waals surface area contributed by atoms with Crippen LogP contribution in [-0.4, -0.2) is 12.6 Å². The molecule has 0 aliphatic carbocycles. The molecule has 1 aromatic rings. The fourth-order valence-electron chi connectivity index (χ4n) is 1.27. The summed E-state index contributed by atoms with van der Waals surface area (Å²) in [5.74, 6) is -1.14. The fraction of sp³-hybridized carbons (Fsp3) is 0.333. The highest BCUT2D eigenvalue weighted by molar-refractivity contribution is 5.75. The molecule has 0 spiro atoms. The smallest absolute Gasteiger partial charge is 0.323 e. The molecule has 1 unspecified atom stereocenters. The molecular weight excluding hydrogens is 190 g/mol. The first-order valence-corrected chi connectivity index (χ1v) is 4.88. The zero-order valence-corrected chi connectivity index (χ0v) is 8.64. The monoisotopic (exact) mass is 203 g/mol. The zero-order chi connectivity index (χ0) is 11.1. The van der Waals surface area contributed by atoms with Gasteiger partial charge < -0.3 is 4.74 Å². The molecule has 0 heterocycles. The molecule has 78 valence electrons. The van der Waals surface area contributed by atoms with Crippen LogP contribution in [0.15, 0.2) is 30.3 Å². The summed E-state index contributed by atoms with van der Waals surface area (Å²) in [7, 11) is 0. The van der Waals surface area contributed by atoms with Crippen LogP contribution in [0.1, 0.15) is 12.5 Å². The van der Waals surface area contributed by atoms with E-state index in [1.165, 1.54) is 0 Å². The van der Waals surface area contributed by atoms with E-state index in [2.05, 4.69) is 0 Å². The number of ether oxygens (including phenoxy) is 1. The van der Waals surface area contributed by atoms with Crippen molar-refractivity contribution >= 4 is 5.97 Å². The summed E-state index contributed by atoms with van der Waals surface area (Å²) >= 11 is 0. The van der Waals surface area contributed by atoms with Gasteiger partial charge in [0.15, 0.2) is 0 Å². The molecule has 1 rings (SSSR count). The van der Waals surface area contributed by atoms with Gasteiger partial charge in [-0.05, 0) is 18.9 Å². The lowest BCUT2D eigenvalue weighted by Gasteiger charge is -2.07. The predicted molar refractivity (Wildman–Crippen MR) is 55.9 cm³/mol. The predicted octanol–water partition coefficient (Wildman–Crippen LogP) is 1.93. The highest BCUT2D eigenvalue weighted by atomic mass is 16.5. The highest BCUT2D eigenvalue weighted by Crippen LogP contribution is 2.09. The Morgan fingerprint density at radius 3 is 2.67 bits per heavy atom. The number of benzene rings is 1. The number of carbonyl (C=O) groups excluding carboxylic acids is 1. The van der Waals surface area contributed by atoms with Gasteiger partial charge in [0.1, 0.15) is 5.92 Å². The van der Waals surface area contributed by atoms with Crippen molar-refractivity contribution in [3.63, 3.8) is 0 Å². The topological polar surface area (TPSA) is 50.1 Å². The summed E-state index contributed by atoms with van der Waals surface area (Å²) in [6.07, 6.45) is 0.413. The van der Waals surface area contributed by atoms with Gasteiger partial charge in [-0.15, -0.1) is 0 Å². The molecule has 0 aliphatic heterocycles. The highest BCUT2D eigenvalue weighted by Gasteiger charge is 2.19. The summed E-state index contributed by atoms with van der Waals surface area (Å²) in [4.78, 5) is 11.3. The van der Waals surface area contributed by atoms with Gasteiger partial charge in [-0.1, -0.05) is 30.3 Å². The largest absolute Gasteiger partial charge is 0.465 e. The van der Waals surface area contributed by atoms with Crippen LogP contribution in [0.4, 0.5) is 0 Å². The fourth-order valence-corrected chi connectivity index (χ4v) is 1.27. The maximum atomic E-state index is 11.3. The van der Waals surface area contributed by atoms with E-state index in [0.717, 1.165) is 5.56 Å². The van der Waals surface area contributed by atoms with Gasteiger partial charge in [0, 0.05) is 0 Å². The van der Waals surface area contributed by atoms with Crippen molar-refractivity contribution in [2.24, 2.45) is 5.92 Å². The van der Waals surface area contributed by atoms with Crippen molar-refractivity contribution in [3.05, 3.63) is 35.9 Å². The van der Waals surface area contributed by atoms with E-state index in [-0.39, 0.29) is 0 Å². The van der Waals surface area contributed by atoms with Crippen molar-refractivity contribution < 1.29 is 9.53 Å². The van der Waals surface area contributed by atoms with Crippen molar-refractivity contribution in [2.45, 2.75) is 13.3 Å². The van der Waals surface area contributed by atoms with Gasteiger partial charge in [-0.25, -0.2) is 0 Å². The summed E-state index contributed by atoms with van der Waals surface area (Å²) in [6, 6.07) is 11.4. The lowest BCUT2D eigenvalue weighted by molar-refractivity contribution is -0.145. The molecule has 0 saturated heterocycles. The number of esters is 1. The number of nitriles is 1. The van der Waals surface area contributed by atoms with Crippen molar-refractivity contribution in [1.82, 2.24) is 0 Å². The maximum Gasteiger partial charge on any atom is 0.323 e. The Morgan fingerprint density at radius 1 is 1.47 bits per heavy atom. The summed E-state index contributed by atoms with van der Waals surface area (Å²) < 4.78 is 4.81. The third-order valence-corrected chi connectivity index (χ3v) is 2.01. The number of hydrogen-bond acceptors (Lipinski definition) is 3. The quantitative estimate of drug-likeness (QED) is 0.702. The van der Waals surface area contributed by atoms with Gasteiger partial charge in [-0.2, -0.15) is 5.26 Å². The molecular formula is C12H13NO2. The number of nitrogens with zero attached hydrogens (tertiary/aromatic N) is 1. The van der Waals surface area contributed by atoms with E-state index in [1.54, 1.807) is 6.92 Å². The first-order valence-electron chi connectivity index (χ1n) is 4.88. The maximum absolute atomic E-state index is 11.3. The number of hydrogen-bond donors (Lipinski definition) is 0. The summed E-state index contributed by atoms with van der Waals surface area (Å²) in [6.45, 7) is 2.04. The van der Waals surface area contributed by atoms with Gasteiger partial charge >= 0.3 is 5.97 Å². The molecule has 1 aromatic carbocycles. The van der Waals surface area contributed by atoms with E-state index in [0.29, 0.717) is 13.0 Å². The second kappa shape index (κ2) is 5.82. The molecule has 0 fully saturated rings. The first-order chi connectivity index (χ1) is 7.27. The average Bonchev–Trinajstić information content (AvgIpc) is 2.27. The van der Waals surface area contributed by atoms with Gasteiger partial charge in [0.2, 0.25) is 0 Å². The Hall–Kier alpha value is -1.82. The van der Waals surface area contributed by atoms with Crippen molar-refractivity contribution in [2.75, 3.05) is 6.61 Å². The normalized spacial score (nSPS) is 11.5. The van der Waals surface area contributed by atoms with Crippen LogP contribution in [0, 0.1) is 17.2 Å². The molecule has 3 nitrogen and oxygen atoms in total. The van der Waals surface area contributed by atoms with Crippen LogP contribution < -0.4 is 0 Å². The second-order valence-corrected chi connectivity index (χ2v) is 3.12. The Morgan fingerprint density at radius 2 is 2.13 bits per heavy atom. The van der Waals surface area contributed by atoms with Crippen LogP contribution in [-0.2, 0) is 16.0 Å². The van der Waals surface area contributed by atoms with E-state index in [9.17, 15) is 4.79 Å². The number of carbonyl (C=O) groups is 1. The van der Waals surface area contributed by atoms with Crippen LogP contribution >= 0.6 is 0 Å². The Labute approximate surface area is 89.3 Å². The lowest BCUT2D eigenvalue weighted by atomic mass is 10.0. The minimum absolute atomic E-state index is 0.311. The SMILES string of the molecule is CCOC(=O)C(C#N)Cc1ccccc1. The summed E-state index contributed by atoms with van der Waals surface area (Å²) in [5.41, 5.74) is 0.970. The van der Waals surface area contributed by atoms with Crippen molar-refractivity contribution in [3.8, 4) is 6.07 Å². The number of rotatable bonds is 4. The molecule has 0 aliphatic rings. The summed E-state index contributed by atoms with van der Waals surface area (Å²) in [5, 5.41) is 8.83. The minimum Gasteiger partial charge on any atom is -0.465 e. The van der Waals surface area contributed by atoms with E-state index in [4.69, 9.17) is 10.00 Å². The standard InChI is InChI=1S/C12H13NO2/c1-2-15-12(14)11(9-13)8-10-6-4-3-5-7-10/h3-7,11H,2,8H2,1H3. The molecule has 0 amide bonds. The zero-order valence-electron chi connectivity index (χ0n) is 8.64. The van der Waals surface area contributed by atoms with Gasteiger partial charge in [0.25, 0.3) is 0 Å². The van der Waals surface area contributed by atoms with Crippen molar-refractivity contribution in [1.29, 1.82) is 5.26 Å². The molecule has 1 atom stereocenters. The third-order valence-electron chi connectivity index (χ3n) is 2.01. The second-order valence-electron chi connectivity index (χ2n) is 3.12. The van der Waals surface area contributed by atoms with Gasteiger partial charge in [0.05, 0.1) is 12.7 Å². The van der Waals surface area contributed by atoms with E-state index in [1.807, 2.05) is 36.4 Å². The Kier molecular flexibility index (Phi) is 4.36. The average molecular weight is 203 g/mol. The first kappa shape index (κ1) is 11.3. The van der Waals surface area contributed by atoms with Crippen LogP contribution in [0.2, 0.25) is 0 Å². The van der Waals surface area contributed by atoms with Crippen LogP contribution in [0.3, 0.4) is 0 Å². The van der Waals surface area contributed by atoms with Crippen LogP contribution in [0.5, 0.6) is 0 Å². The third kappa shape index (κ3) is 3.43. The van der Waals surface area contributed by atoms with E-state index < -0.39 is 11.9 Å². The Bertz CT molecular complexity index is 354. The van der Waals surface area contributed by atoms with E-state index >= 15 is 0 Å². The minimum atomic E-state index is -0.702. The van der Waals surface area contributed by atoms with Crippen LogP contribution in [0.25, 0.3) is 0 Å². The molecule has 0 bridgehead atoms. The molecule has 0 N–H and O–H groups in total. The molecule has 0 aromatic heterocycles. The lowest BCUT2D eigenvalue weighted by Crippen LogP contribution is -2.18. The Balaban J connectivity index is 2.63.